The summed E-state index contributed by atoms with van der Waals surface area (Å²) in [6.07, 6.45) is 5.53. The van der Waals surface area contributed by atoms with Crippen LogP contribution in [0.15, 0.2) is 54.9 Å². The van der Waals surface area contributed by atoms with E-state index in [1.54, 1.807) is 18.5 Å². The lowest BCUT2D eigenvalue weighted by Gasteiger charge is -2.14. The van der Waals surface area contributed by atoms with E-state index in [0.29, 0.717) is 35.1 Å². The molecule has 1 saturated heterocycles. The molecule has 4 heterocycles. The van der Waals surface area contributed by atoms with Crippen molar-refractivity contribution in [2.75, 3.05) is 25.0 Å². The number of fused-ring (bicyclic) bond motifs is 1. The van der Waals surface area contributed by atoms with Crippen LogP contribution < -0.4 is 20.9 Å². The number of hydrogen-bond acceptors (Lipinski definition) is 8. The standard InChI is InChI=1S/C25H24F2N8O/c26-16-8-15(9-17(27)10-16)20-3-4-23(28)35(34-20)24(29)13-32-21-5-7-31-22-11-19(12-33-25(21)22)36-14-18-2-1-6-30-18/h3-5,7-12,18,28-30H,1-2,6,13-14H2,(H,31,32). The van der Waals surface area contributed by atoms with Crippen molar-refractivity contribution in [1.82, 2.24) is 25.1 Å². The van der Waals surface area contributed by atoms with E-state index in [1.807, 2.05) is 6.07 Å². The molecule has 1 aliphatic rings. The highest BCUT2D eigenvalue weighted by Gasteiger charge is 2.15. The van der Waals surface area contributed by atoms with Crippen LogP contribution >= 0.6 is 0 Å². The summed E-state index contributed by atoms with van der Waals surface area (Å²) in [4.78, 5) is 8.87. The summed E-state index contributed by atoms with van der Waals surface area (Å²) in [7, 11) is 0. The maximum atomic E-state index is 13.6. The predicted octanol–water partition coefficient (Wildman–Crippen LogP) is 3.32. The van der Waals surface area contributed by atoms with Crippen molar-refractivity contribution in [2.24, 2.45) is 0 Å². The molecule has 1 fully saturated rings. The molecule has 0 spiro atoms. The van der Waals surface area contributed by atoms with Crippen LogP contribution in [0.4, 0.5) is 14.5 Å². The van der Waals surface area contributed by atoms with Crippen LogP contribution in [0.2, 0.25) is 0 Å². The fraction of sp³-hybridized carbons (Fsp3) is 0.240. The van der Waals surface area contributed by atoms with Crippen molar-refractivity contribution in [3.8, 4) is 17.0 Å². The van der Waals surface area contributed by atoms with E-state index in [9.17, 15) is 8.78 Å². The first-order valence-electron chi connectivity index (χ1n) is 11.5. The minimum Gasteiger partial charge on any atom is -0.490 e. The molecule has 1 aliphatic heterocycles. The predicted molar refractivity (Wildman–Crippen MR) is 131 cm³/mol. The molecule has 0 radical (unpaired) electrons. The van der Waals surface area contributed by atoms with Crippen molar-refractivity contribution in [3.05, 3.63) is 72.0 Å². The highest BCUT2D eigenvalue weighted by molar-refractivity contribution is 5.91. The van der Waals surface area contributed by atoms with Gasteiger partial charge in [0.05, 0.1) is 29.6 Å². The maximum absolute atomic E-state index is 13.6. The zero-order valence-corrected chi connectivity index (χ0v) is 19.3. The first-order valence-corrected chi connectivity index (χ1v) is 11.5. The van der Waals surface area contributed by atoms with E-state index in [1.165, 1.54) is 12.1 Å². The van der Waals surface area contributed by atoms with Crippen LogP contribution in [0.1, 0.15) is 12.8 Å². The molecule has 1 unspecified atom stereocenters. The SMILES string of the molecule is N=C(CNc1ccnc2cc(OCC3CCCN3)cnc12)n1nc(-c2cc(F)cc(F)c2)ccc1=N. The van der Waals surface area contributed by atoms with E-state index in [-0.39, 0.29) is 29.1 Å². The Labute approximate surface area is 205 Å². The largest absolute Gasteiger partial charge is 0.490 e. The lowest BCUT2D eigenvalue weighted by atomic mass is 10.1. The van der Waals surface area contributed by atoms with Crippen LogP contribution in [-0.2, 0) is 0 Å². The normalized spacial score (nSPS) is 15.2. The summed E-state index contributed by atoms with van der Waals surface area (Å²) in [6.45, 7) is 1.61. The van der Waals surface area contributed by atoms with Gasteiger partial charge in [-0.1, -0.05) is 0 Å². The van der Waals surface area contributed by atoms with Crippen molar-refractivity contribution < 1.29 is 13.5 Å². The highest BCUT2D eigenvalue weighted by atomic mass is 19.1. The fourth-order valence-corrected chi connectivity index (χ4v) is 4.07. The van der Waals surface area contributed by atoms with Crippen LogP contribution in [-0.4, -0.2) is 51.3 Å². The Morgan fingerprint density at radius 3 is 2.75 bits per heavy atom. The van der Waals surface area contributed by atoms with Gasteiger partial charge in [-0.2, -0.15) is 9.78 Å². The van der Waals surface area contributed by atoms with E-state index < -0.39 is 11.6 Å². The summed E-state index contributed by atoms with van der Waals surface area (Å²) < 4.78 is 34.3. The number of hydrogen-bond donors (Lipinski definition) is 4. The summed E-state index contributed by atoms with van der Waals surface area (Å²) in [5, 5.41) is 27.4. The molecule has 184 valence electrons. The van der Waals surface area contributed by atoms with Gasteiger partial charge in [-0.05, 0) is 49.7 Å². The summed E-state index contributed by atoms with van der Waals surface area (Å²) in [6, 6.07) is 9.90. The zero-order valence-electron chi connectivity index (χ0n) is 19.3. The molecule has 0 aliphatic carbocycles. The third-order valence-corrected chi connectivity index (χ3v) is 5.86. The zero-order chi connectivity index (χ0) is 25.1. The van der Waals surface area contributed by atoms with Gasteiger partial charge in [-0.3, -0.25) is 15.8 Å². The smallest absolute Gasteiger partial charge is 0.148 e. The minimum absolute atomic E-state index is 0.0247. The number of rotatable bonds is 7. The Morgan fingerprint density at radius 2 is 1.97 bits per heavy atom. The third-order valence-electron chi connectivity index (χ3n) is 5.86. The number of anilines is 1. The lowest BCUT2D eigenvalue weighted by Crippen LogP contribution is -2.33. The summed E-state index contributed by atoms with van der Waals surface area (Å²) in [5.74, 6) is -0.859. The second kappa shape index (κ2) is 10.2. The number of ether oxygens (including phenoxy) is 1. The van der Waals surface area contributed by atoms with Crippen LogP contribution in [0, 0.1) is 22.5 Å². The molecule has 9 nitrogen and oxygen atoms in total. The number of aromatic nitrogens is 4. The van der Waals surface area contributed by atoms with Gasteiger partial charge < -0.3 is 15.4 Å². The van der Waals surface area contributed by atoms with E-state index in [0.717, 1.165) is 42.3 Å². The van der Waals surface area contributed by atoms with Gasteiger partial charge in [-0.25, -0.2) is 13.8 Å². The molecule has 0 amide bonds. The van der Waals surface area contributed by atoms with Crippen LogP contribution in [0.5, 0.6) is 5.75 Å². The average molecular weight is 491 g/mol. The molecule has 36 heavy (non-hydrogen) atoms. The summed E-state index contributed by atoms with van der Waals surface area (Å²) in [5.41, 5.74) is 2.33. The minimum atomic E-state index is -0.731. The fourth-order valence-electron chi connectivity index (χ4n) is 4.07. The molecule has 0 saturated carbocycles. The molecule has 4 aromatic rings. The molecule has 1 atom stereocenters. The van der Waals surface area contributed by atoms with Gasteiger partial charge in [0.2, 0.25) is 0 Å². The second-order valence-electron chi connectivity index (χ2n) is 8.48. The Morgan fingerprint density at radius 1 is 1.14 bits per heavy atom. The van der Waals surface area contributed by atoms with Crippen LogP contribution in [0.25, 0.3) is 22.3 Å². The van der Waals surface area contributed by atoms with Crippen molar-refractivity contribution in [2.45, 2.75) is 18.9 Å². The van der Waals surface area contributed by atoms with Gasteiger partial charge in [0.15, 0.2) is 0 Å². The Balaban J connectivity index is 1.31. The monoisotopic (exact) mass is 490 g/mol. The Hall–Kier alpha value is -4.25. The topological polar surface area (TPSA) is 125 Å². The molecule has 5 rings (SSSR count). The summed E-state index contributed by atoms with van der Waals surface area (Å²) >= 11 is 0. The molecule has 4 N–H and O–H groups in total. The van der Waals surface area contributed by atoms with Gasteiger partial charge in [-0.15, -0.1) is 0 Å². The first kappa shape index (κ1) is 23.5. The maximum Gasteiger partial charge on any atom is 0.148 e. The van der Waals surface area contributed by atoms with E-state index in [4.69, 9.17) is 15.6 Å². The van der Waals surface area contributed by atoms with Crippen molar-refractivity contribution in [1.29, 1.82) is 10.8 Å². The number of nitrogens with zero attached hydrogens (tertiary/aromatic N) is 4. The molecular formula is C25H24F2N8O. The van der Waals surface area contributed by atoms with E-state index >= 15 is 0 Å². The van der Waals surface area contributed by atoms with Crippen molar-refractivity contribution in [3.63, 3.8) is 0 Å². The third kappa shape index (κ3) is 5.20. The average Bonchev–Trinajstić information content (AvgIpc) is 3.39. The molecule has 0 bridgehead atoms. The van der Waals surface area contributed by atoms with Gasteiger partial charge in [0.1, 0.15) is 40.8 Å². The Bertz CT molecular complexity index is 1460. The Kier molecular flexibility index (Phi) is 6.63. The molecular weight excluding hydrogens is 466 g/mol. The quantitative estimate of drug-likeness (QED) is 0.233. The highest BCUT2D eigenvalue weighted by Crippen LogP contribution is 2.23. The lowest BCUT2D eigenvalue weighted by molar-refractivity contribution is 0.276. The van der Waals surface area contributed by atoms with Gasteiger partial charge in [0.25, 0.3) is 0 Å². The molecule has 11 heteroatoms. The van der Waals surface area contributed by atoms with Gasteiger partial charge in [0, 0.05) is 29.9 Å². The second-order valence-corrected chi connectivity index (χ2v) is 8.48. The molecule has 3 aromatic heterocycles. The molecule has 1 aromatic carbocycles. The number of nitrogens with one attached hydrogen (secondary N) is 4. The number of halogens is 2. The first-order chi connectivity index (χ1) is 17.5. The number of benzene rings is 1. The van der Waals surface area contributed by atoms with Gasteiger partial charge >= 0.3 is 0 Å². The van der Waals surface area contributed by atoms with E-state index in [2.05, 4.69) is 25.7 Å². The number of pyridine rings is 2. The van der Waals surface area contributed by atoms with Crippen LogP contribution in [0.3, 0.4) is 0 Å². The van der Waals surface area contributed by atoms with Crippen molar-refractivity contribution >= 4 is 22.6 Å².